The number of nitrogens with zero attached hydrogens (tertiary/aromatic N) is 1. The summed E-state index contributed by atoms with van der Waals surface area (Å²) in [6, 6.07) is 7.78. The van der Waals surface area contributed by atoms with E-state index in [2.05, 4.69) is 11.9 Å². The van der Waals surface area contributed by atoms with Crippen molar-refractivity contribution in [2.75, 3.05) is 6.61 Å². The van der Waals surface area contributed by atoms with Crippen LogP contribution in [0.2, 0.25) is 0 Å². The van der Waals surface area contributed by atoms with E-state index in [1.165, 1.54) is 0 Å². The van der Waals surface area contributed by atoms with Crippen LogP contribution in [0.5, 0.6) is 0 Å². The van der Waals surface area contributed by atoms with Crippen LogP contribution in [-0.4, -0.2) is 11.6 Å². The average Bonchev–Trinajstić information content (AvgIpc) is 2.38. The molecule has 0 N–H and O–H groups in total. The molecule has 1 aromatic heterocycles. The lowest BCUT2D eigenvalue weighted by Gasteiger charge is -1.96. The molecule has 4 heteroatoms. The highest BCUT2D eigenvalue weighted by atomic mass is 31.1. The molecule has 1 atom stereocenters. The number of benzene rings is 1. The van der Waals surface area contributed by atoms with Crippen molar-refractivity contribution in [1.29, 1.82) is 0 Å². The van der Waals surface area contributed by atoms with E-state index in [1.807, 2.05) is 24.3 Å². The molecule has 0 amide bonds. The zero-order chi connectivity index (χ0) is 12.1. The molecular weight excluding hydrogens is 233 g/mol. The third-order valence-electron chi connectivity index (χ3n) is 2.55. The molecule has 2 rings (SSSR count). The van der Waals surface area contributed by atoms with E-state index >= 15 is 0 Å². The number of rotatable bonds is 5. The van der Waals surface area contributed by atoms with Gasteiger partial charge in [0.15, 0.2) is 0 Å². The SMILES string of the molecule is CCCCO[P+](=O)c1cncc2ccccc12. The van der Waals surface area contributed by atoms with Gasteiger partial charge in [0, 0.05) is 17.0 Å². The summed E-state index contributed by atoms with van der Waals surface area (Å²) in [5.41, 5.74) is 0. The van der Waals surface area contributed by atoms with Gasteiger partial charge in [-0.2, -0.15) is 0 Å². The maximum absolute atomic E-state index is 12.0. The molecule has 1 unspecified atom stereocenters. The third kappa shape index (κ3) is 2.87. The van der Waals surface area contributed by atoms with Gasteiger partial charge in [0.25, 0.3) is 5.30 Å². The Balaban J connectivity index is 2.26. The highest BCUT2D eigenvalue weighted by Gasteiger charge is 2.25. The van der Waals surface area contributed by atoms with E-state index in [0.717, 1.165) is 23.6 Å². The normalized spacial score (nSPS) is 11.7. The zero-order valence-corrected chi connectivity index (χ0v) is 10.7. The molecule has 0 aliphatic rings. The molecular formula is C13H15NO2P+. The van der Waals surface area contributed by atoms with Crippen LogP contribution >= 0.6 is 8.03 Å². The Bertz CT molecular complexity index is 522. The van der Waals surface area contributed by atoms with E-state index < -0.39 is 8.03 Å². The Morgan fingerprint density at radius 3 is 2.94 bits per heavy atom. The monoisotopic (exact) mass is 248 g/mol. The molecule has 0 aliphatic carbocycles. The van der Waals surface area contributed by atoms with Gasteiger partial charge in [0.2, 0.25) is 0 Å². The van der Waals surface area contributed by atoms with Crippen LogP contribution in [0.15, 0.2) is 36.7 Å². The molecule has 2 aromatic rings. The van der Waals surface area contributed by atoms with Gasteiger partial charge >= 0.3 is 8.03 Å². The summed E-state index contributed by atoms with van der Waals surface area (Å²) in [4.78, 5) is 4.10. The number of unbranched alkanes of at least 4 members (excludes halogenated alkanes) is 1. The van der Waals surface area contributed by atoms with Crippen molar-refractivity contribution < 1.29 is 9.09 Å². The molecule has 88 valence electrons. The summed E-state index contributed by atoms with van der Waals surface area (Å²) in [6.07, 6.45) is 5.37. The Labute approximate surface area is 102 Å². The molecule has 17 heavy (non-hydrogen) atoms. The maximum atomic E-state index is 12.0. The second-order valence-electron chi connectivity index (χ2n) is 3.82. The van der Waals surface area contributed by atoms with Crippen LogP contribution < -0.4 is 5.30 Å². The largest absolute Gasteiger partial charge is 0.551 e. The standard InChI is InChI=1S/C13H15NO2P/c1-2-3-8-16-17(15)13-10-14-9-11-6-4-5-7-12(11)13/h4-7,9-10H,2-3,8H2,1H3/q+1. The third-order valence-corrected chi connectivity index (χ3v) is 3.72. The molecule has 0 fully saturated rings. The smallest absolute Gasteiger partial charge is 0.259 e. The minimum absolute atomic E-state index is 0.537. The first-order valence-corrected chi connectivity index (χ1v) is 6.93. The molecule has 1 aromatic carbocycles. The maximum Gasteiger partial charge on any atom is 0.551 e. The van der Waals surface area contributed by atoms with Gasteiger partial charge in [-0.25, -0.2) is 0 Å². The second kappa shape index (κ2) is 5.85. The minimum atomic E-state index is -1.80. The quantitative estimate of drug-likeness (QED) is 0.601. The van der Waals surface area contributed by atoms with Crippen molar-refractivity contribution in [3.05, 3.63) is 36.7 Å². The molecule has 0 saturated carbocycles. The lowest BCUT2D eigenvalue weighted by atomic mass is 10.2. The van der Waals surface area contributed by atoms with E-state index in [1.54, 1.807) is 12.4 Å². The van der Waals surface area contributed by atoms with E-state index in [9.17, 15) is 4.57 Å². The first-order valence-electron chi connectivity index (χ1n) is 5.76. The minimum Gasteiger partial charge on any atom is -0.259 e. The van der Waals surface area contributed by atoms with Gasteiger partial charge < -0.3 is 0 Å². The molecule has 1 heterocycles. The molecule has 0 bridgehead atoms. The van der Waals surface area contributed by atoms with E-state index in [0.29, 0.717) is 11.9 Å². The Morgan fingerprint density at radius 1 is 1.29 bits per heavy atom. The van der Waals surface area contributed by atoms with Crippen LogP contribution in [0, 0.1) is 0 Å². The molecule has 3 nitrogen and oxygen atoms in total. The van der Waals surface area contributed by atoms with Crippen LogP contribution in [0.1, 0.15) is 19.8 Å². The fourth-order valence-electron chi connectivity index (χ4n) is 1.61. The number of fused-ring (bicyclic) bond motifs is 1. The molecule has 0 spiro atoms. The van der Waals surface area contributed by atoms with Gasteiger partial charge in [-0.1, -0.05) is 31.5 Å². The zero-order valence-electron chi connectivity index (χ0n) is 9.80. The number of hydrogen-bond acceptors (Lipinski definition) is 3. The van der Waals surface area contributed by atoms with Crippen molar-refractivity contribution in [2.24, 2.45) is 0 Å². The van der Waals surface area contributed by atoms with E-state index in [-0.39, 0.29) is 0 Å². The van der Waals surface area contributed by atoms with Crippen molar-refractivity contribution in [3.8, 4) is 0 Å². The Hall–Kier alpha value is -1.31. The van der Waals surface area contributed by atoms with Gasteiger partial charge in [0.1, 0.15) is 6.61 Å². The van der Waals surface area contributed by atoms with Crippen LogP contribution in [0.4, 0.5) is 0 Å². The van der Waals surface area contributed by atoms with Crippen molar-refractivity contribution in [2.45, 2.75) is 19.8 Å². The van der Waals surface area contributed by atoms with Crippen LogP contribution in [0.25, 0.3) is 10.8 Å². The molecule has 0 radical (unpaired) electrons. The Kier molecular flexibility index (Phi) is 4.18. The number of pyridine rings is 1. The van der Waals surface area contributed by atoms with E-state index in [4.69, 9.17) is 4.52 Å². The fourth-order valence-corrected chi connectivity index (χ4v) is 2.60. The van der Waals surface area contributed by atoms with Crippen LogP contribution in [-0.2, 0) is 9.09 Å². The lowest BCUT2D eigenvalue weighted by Crippen LogP contribution is -2.02. The van der Waals surface area contributed by atoms with Crippen molar-refractivity contribution >= 4 is 24.1 Å². The second-order valence-corrected chi connectivity index (χ2v) is 5.08. The summed E-state index contributed by atoms with van der Waals surface area (Å²) in [5.74, 6) is 0. The number of hydrogen-bond donors (Lipinski definition) is 0. The predicted octanol–water partition coefficient (Wildman–Crippen LogP) is 3.42. The summed E-state index contributed by atoms with van der Waals surface area (Å²) in [5, 5.41) is 2.64. The van der Waals surface area contributed by atoms with Gasteiger partial charge in [0.05, 0.1) is 6.20 Å². The lowest BCUT2D eigenvalue weighted by molar-refractivity contribution is 0.327. The summed E-state index contributed by atoms with van der Waals surface area (Å²) in [7, 11) is -1.80. The van der Waals surface area contributed by atoms with Gasteiger partial charge in [-0.3, -0.25) is 4.98 Å². The first kappa shape index (κ1) is 12.2. The van der Waals surface area contributed by atoms with Gasteiger partial charge in [-0.15, -0.1) is 4.52 Å². The number of aromatic nitrogens is 1. The average molecular weight is 248 g/mol. The van der Waals surface area contributed by atoms with Crippen molar-refractivity contribution in [1.82, 2.24) is 4.98 Å². The fraction of sp³-hybridized carbons (Fsp3) is 0.308. The summed E-state index contributed by atoms with van der Waals surface area (Å²) < 4.78 is 17.4. The first-order chi connectivity index (χ1) is 8.33. The highest BCUT2D eigenvalue weighted by Crippen LogP contribution is 2.26. The van der Waals surface area contributed by atoms with Crippen LogP contribution in [0.3, 0.4) is 0 Å². The van der Waals surface area contributed by atoms with Crippen molar-refractivity contribution in [3.63, 3.8) is 0 Å². The summed E-state index contributed by atoms with van der Waals surface area (Å²) in [6.45, 7) is 2.62. The highest BCUT2D eigenvalue weighted by molar-refractivity contribution is 7.49. The summed E-state index contributed by atoms with van der Waals surface area (Å²) >= 11 is 0. The molecule has 0 saturated heterocycles. The topological polar surface area (TPSA) is 39.2 Å². The Morgan fingerprint density at radius 2 is 2.12 bits per heavy atom. The molecule has 0 aliphatic heterocycles. The predicted molar refractivity (Wildman–Crippen MR) is 69.8 cm³/mol. The van der Waals surface area contributed by atoms with Gasteiger partial charge in [-0.05, 0) is 17.1 Å².